The van der Waals surface area contributed by atoms with Crippen LogP contribution >= 0.6 is 0 Å². The number of benzene rings is 4. The summed E-state index contributed by atoms with van der Waals surface area (Å²) < 4.78 is 33.9. The summed E-state index contributed by atoms with van der Waals surface area (Å²) in [5, 5.41) is 0. The summed E-state index contributed by atoms with van der Waals surface area (Å²) in [4.78, 5) is 29.5. The highest BCUT2D eigenvalue weighted by atomic mass is 16.7. The molecule has 0 unspecified atom stereocenters. The number of carbonyl (C=O) groups is 2. The summed E-state index contributed by atoms with van der Waals surface area (Å²) >= 11 is 0. The molecule has 226 valence electrons. The molecule has 6 aliphatic rings. The van der Waals surface area contributed by atoms with Gasteiger partial charge in [-0.3, -0.25) is 9.59 Å². The second kappa shape index (κ2) is 9.07. The molecular weight excluding hydrogens is 576 g/mol. The van der Waals surface area contributed by atoms with E-state index in [9.17, 15) is 9.59 Å². The van der Waals surface area contributed by atoms with Gasteiger partial charge in [0.25, 0.3) is 0 Å². The van der Waals surface area contributed by atoms with E-state index >= 15 is 0 Å². The van der Waals surface area contributed by atoms with Gasteiger partial charge in [0.15, 0.2) is 23.0 Å². The zero-order chi connectivity index (χ0) is 30.5. The minimum atomic E-state index is -0.781. The van der Waals surface area contributed by atoms with Crippen molar-refractivity contribution in [3.63, 3.8) is 0 Å². The number of nitrogens with zero attached hydrogens (tertiary/aromatic N) is 2. The van der Waals surface area contributed by atoms with E-state index < -0.39 is 10.8 Å². The van der Waals surface area contributed by atoms with E-state index in [2.05, 4.69) is 0 Å². The van der Waals surface area contributed by atoms with Crippen molar-refractivity contribution in [2.75, 3.05) is 57.1 Å². The average Bonchev–Trinajstić information content (AvgIpc) is 3.87. The van der Waals surface area contributed by atoms with Crippen LogP contribution in [0, 0.1) is 0 Å². The summed E-state index contributed by atoms with van der Waals surface area (Å²) in [5.74, 6) is 4.17. The number of hydrogen-bond acceptors (Lipinski definition) is 8. The number of hydrogen-bond donors (Lipinski definition) is 0. The Hall–Kier alpha value is -5.38. The van der Waals surface area contributed by atoms with Crippen LogP contribution in [0.5, 0.6) is 34.5 Å². The van der Waals surface area contributed by atoms with Crippen LogP contribution in [0.1, 0.15) is 22.3 Å². The van der Waals surface area contributed by atoms with Crippen molar-refractivity contribution in [2.24, 2.45) is 0 Å². The smallest absolute Gasteiger partial charge is 0.245 e. The molecule has 0 bridgehead atoms. The lowest BCUT2D eigenvalue weighted by Gasteiger charge is -2.23. The van der Waals surface area contributed by atoms with Gasteiger partial charge in [-0.15, -0.1) is 0 Å². The lowest BCUT2D eigenvalue weighted by atomic mass is 9.77. The van der Waals surface area contributed by atoms with Crippen LogP contribution < -0.4 is 38.2 Å². The van der Waals surface area contributed by atoms with E-state index in [1.807, 2.05) is 79.8 Å². The minimum Gasteiger partial charge on any atom is -0.491 e. The van der Waals surface area contributed by atoms with E-state index in [4.69, 9.17) is 28.4 Å². The van der Waals surface area contributed by atoms with Gasteiger partial charge >= 0.3 is 0 Å². The highest BCUT2D eigenvalue weighted by Gasteiger charge is 2.57. The second-order valence-corrected chi connectivity index (χ2v) is 11.8. The highest BCUT2D eigenvalue weighted by molar-refractivity contribution is 6.12. The van der Waals surface area contributed by atoms with E-state index in [1.54, 1.807) is 16.8 Å². The van der Waals surface area contributed by atoms with Crippen LogP contribution in [0.4, 0.5) is 11.4 Å². The van der Waals surface area contributed by atoms with Gasteiger partial charge in [-0.05, 0) is 35.4 Å². The molecule has 0 N–H and O–H groups in total. The summed E-state index contributed by atoms with van der Waals surface area (Å²) in [6, 6.07) is 23.2. The molecule has 10 heteroatoms. The monoisotopic (exact) mass is 604 g/mol. The van der Waals surface area contributed by atoms with Gasteiger partial charge in [0, 0.05) is 48.7 Å². The fourth-order valence-electron chi connectivity index (χ4n) is 7.50. The maximum atomic E-state index is 13.1. The van der Waals surface area contributed by atoms with Gasteiger partial charge < -0.3 is 38.2 Å². The van der Waals surface area contributed by atoms with Gasteiger partial charge in [-0.1, -0.05) is 36.4 Å². The standard InChI is InChI=1S/C18H15NO4.C17H13NO4/c1-19-13-5-3-2-4-11(13)18(17(19)20)10-23-14-9-16-15(8-12(14)18)21-6-7-22-16;1-18-12-5-3-2-4-10(12)17(16(18)19)8-20-13-7-15-14(6-11(13)17)21-9-22-15/h2-5,8-9H,6-7,10H2,1H3;2-7H,8-9H2,1H3/t18-;17-/m00/s1. The maximum Gasteiger partial charge on any atom is 0.245 e. The Balaban J connectivity index is 0.000000125. The predicted octanol–water partition coefficient (Wildman–Crippen LogP) is 4.18. The molecule has 0 saturated heterocycles. The number of anilines is 2. The molecule has 2 atom stereocenters. The van der Waals surface area contributed by atoms with Crippen LogP contribution in [-0.4, -0.2) is 59.1 Å². The van der Waals surface area contributed by atoms with Gasteiger partial charge in [-0.2, -0.15) is 0 Å². The van der Waals surface area contributed by atoms with Crippen molar-refractivity contribution >= 4 is 23.2 Å². The molecule has 0 aliphatic carbocycles. The van der Waals surface area contributed by atoms with Crippen molar-refractivity contribution in [1.29, 1.82) is 0 Å². The minimum absolute atomic E-state index is 0.0336. The van der Waals surface area contributed by atoms with Gasteiger partial charge in [0.2, 0.25) is 18.6 Å². The zero-order valence-electron chi connectivity index (χ0n) is 24.6. The molecule has 2 amide bonds. The number of amides is 2. The molecule has 0 fully saturated rings. The Kier molecular flexibility index (Phi) is 5.25. The Bertz CT molecular complexity index is 1960. The van der Waals surface area contributed by atoms with Gasteiger partial charge in [0.1, 0.15) is 48.8 Å². The number of para-hydroxylation sites is 2. The number of carbonyl (C=O) groups excluding carboxylic acids is 2. The summed E-state index contributed by atoms with van der Waals surface area (Å²) in [6.07, 6.45) is 0. The van der Waals surface area contributed by atoms with Crippen LogP contribution in [-0.2, 0) is 20.4 Å². The largest absolute Gasteiger partial charge is 0.491 e. The third-order valence-electron chi connectivity index (χ3n) is 9.72. The topological polar surface area (TPSA) is 96.0 Å². The summed E-state index contributed by atoms with van der Waals surface area (Å²) in [5.41, 5.74) is 4.01. The molecule has 2 spiro atoms. The summed E-state index contributed by atoms with van der Waals surface area (Å²) in [7, 11) is 3.62. The fraction of sp³-hybridized carbons (Fsp3) is 0.257. The molecule has 0 radical (unpaired) electrons. The first-order valence-electron chi connectivity index (χ1n) is 14.8. The first-order valence-corrected chi connectivity index (χ1v) is 14.8. The molecule has 0 saturated carbocycles. The Morgan fingerprint density at radius 3 is 1.44 bits per heavy atom. The fourth-order valence-corrected chi connectivity index (χ4v) is 7.50. The van der Waals surface area contributed by atoms with E-state index in [0.29, 0.717) is 60.9 Å². The lowest BCUT2D eigenvalue weighted by molar-refractivity contribution is -0.122. The Morgan fingerprint density at radius 2 is 0.933 bits per heavy atom. The van der Waals surface area contributed by atoms with Crippen LogP contribution in [0.3, 0.4) is 0 Å². The quantitative estimate of drug-likeness (QED) is 0.295. The third-order valence-corrected chi connectivity index (χ3v) is 9.72. The molecule has 6 aliphatic heterocycles. The first kappa shape index (κ1) is 26.1. The summed E-state index contributed by atoms with van der Waals surface area (Å²) in [6.45, 7) is 1.87. The lowest BCUT2D eigenvalue weighted by Crippen LogP contribution is -2.41. The van der Waals surface area contributed by atoms with Gasteiger partial charge in [0.05, 0.1) is 0 Å². The SMILES string of the molecule is CN1C(=O)[C@@]2(COc3cc4c(cc32)OCCO4)c2ccccc21.CN1C(=O)[C@@]2(COc3cc4c(cc32)OCO4)c2ccccc21. The van der Waals surface area contributed by atoms with Crippen molar-refractivity contribution in [3.8, 4) is 34.5 Å². The van der Waals surface area contributed by atoms with E-state index in [0.717, 1.165) is 33.6 Å². The molecule has 6 heterocycles. The average molecular weight is 605 g/mol. The third kappa shape index (κ3) is 3.28. The van der Waals surface area contributed by atoms with Crippen molar-refractivity contribution in [2.45, 2.75) is 10.8 Å². The molecule has 0 aromatic heterocycles. The number of fused-ring (bicyclic) bond motifs is 10. The highest BCUT2D eigenvalue weighted by Crippen LogP contribution is 2.56. The van der Waals surface area contributed by atoms with Crippen LogP contribution in [0.15, 0.2) is 72.8 Å². The van der Waals surface area contributed by atoms with Crippen molar-refractivity contribution < 1.29 is 38.0 Å². The molecule has 45 heavy (non-hydrogen) atoms. The second-order valence-electron chi connectivity index (χ2n) is 11.8. The van der Waals surface area contributed by atoms with Crippen LogP contribution in [0.2, 0.25) is 0 Å². The predicted molar refractivity (Wildman–Crippen MR) is 162 cm³/mol. The normalized spacial score (nSPS) is 23.7. The Labute approximate surface area is 258 Å². The van der Waals surface area contributed by atoms with E-state index in [-0.39, 0.29) is 18.6 Å². The van der Waals surface area contributed by atoms with Crippen molar-refractivity contribution in [1.82, 2.24) is 0 Å². The molecule has 10 rings (SSSR count). The molecule has 4 aromatic carbocycles. The van der Waals surface area contributed by atoms with E-state index in [1.165, 1.54) is 0 Å². The maximum absolute atomic E-state index is 13.1. The Morgan fingerprint density at radius 1 is 0.511 bits per heavy atom. The van der Waals surface area contributed by atoms with Gasteiger partial charge in [-0.25, -0.2) is 0 Å². The first-order chi connectivity index (χ1) is 21.9. The van der Waals surface area contributed by atoms with Crippen LogP contribution in [0.25, 0.3) is 0 Å². The molecule has 10 nitrogen and oxygen atoms in total. The number of likely N-dealkylation sites (N-methyl/N-ethyl adjacent to an activating group) is 2. The zero-order valence-corrected chi connectivity index (χ0v) is 24.6. The number of ether oxygens (including phenoxy) is 6. The number of rotatable bonds is 0. The molecular formula is C35H28N2O8. The molecule has 4 aromatic rings. The van der Waals surface area contributed by atoms with Crippen molar-refractivity contribution in [3.05, 3.63) is 95.1 Å².